The summed E-state index contributed by atoms with van der Waals surface area (Å²) in [6.45, 7) is 8.70. The Hall–Kier alpha value is -2.25. The number of amides is 1. The van der Waals surface area contributed by atoms with Crippen molar-refractivity contribution in [2.75, 3.05) is 24.7 Å². The average Bonchev–Trinajstić information content (AvgIpc) is 3.10. The lowest BCUT2D eigenvalue weighted by Gasteiger charge is -2.23. The predicted molar refractivity (Wildman–Crippen MR) is 116 cm³/mol. The number of carbonyl (C=O) groups excluding carboxylic acids is 2. The molecular weight excluding hydrogens is 388 g/mol. The van der Waals surface area contributed by atoms with Gasteiger partial charge in [0.2, 0.25) is 0 Å². The van der Waals surface area contributed by atoms with Gasteiger partial charge in [-0.25, -0.2) is 9.78 Å². The number of benzene rings is 1. The number of unbranched alkanes of at least 4 members (excludes halogenated alkanes) is 1. The van der Waals surface area contributed by atoms with E-state index in [-0.39, 0.29) is 18.2 Å². The van der Waals surface area contributed by atoms with Gasteiger partial charge in [0.25, 0.3) is 5.91 Å². The molecule has 1 aromatic carbocycles. The maximum Gasteiger partial charge on any atom is 0.358 e. The number of hydrogen-bond acceptors (Lipinski definition) is 6. The van der Waals surface area contributed by atoms with E-state index in [1.807, 2.05) is 37.3 Å². The Bertz CT molecular complexity index is 791. The van der Waals surface area contributed by atoms with Crippen molar-refractivity contribution in [3.63, 3.8) is 0 Å². The van der Waals surface area contributed by atoms with Crippen LogP contribution in [0, 0.1) is 6.92 Å². The first-order chi connectivity index (χ1) is 14.0. The van der Waals surface area contributed by atoms with Crippen molar-refractivity contribution in [3.05, 3.63) is 46.5 Å². The highest BCUT2D eigenvalue weighted by molar-refractivity contribution is 7.16. The minimum Gasteiger partial charge on any atom is -0.461 e. The second-order valence-electron chi connectivity index (χ2n) is 6.71. The standard InChI is InChI=1S/C22H30N2O4S/c1-5-7-15-28-16(3)20(25)24(14-13-18-11-9-8-10-12-18)22-23-19(17(4)29-22)21(26)27-6-2/h8-12,16H,5-7,13-15H2,1-4H3. The molecule has 0 aliphatic heterocycles. The Labute approximate surface area is 176 Å². The highest BCUT2D eigenvalue weighted by Gasteiger charge is 2.27. The lowest BCUT2D eigenvalue weighted by Crippen LogP contribution is -2.40. The van der Waals surface area contributed by atoms with Crippen LogP contribution in [0.25, 0.3) is 0 Å². The lowest BCUT2D eigenvalue weighted by molar-refractivity contribution is -0.129. The fourth-order valence-electron chi connectivity index (χ4n) is 2.77. The molecule has 1 heterocycles. The van der Waals surface area contributed by atoms with E-state index in [0.717, 1.165) is 23.3 Å². The van der Waals surface area contributed by atoms with Crippen LogP contribution in [-0.4, -0.2) is 42.7 Å². The molecule has 6 nitrogen and oxygen atoms in total. The van der Waals surface area contributed by atoms with E-state index in [2.05, 4.69) is 11.9 Å². The van der Waals surface area contributed by atoms with Crippen LogP contribution in [0.15, 0.2) is 30.3 Å². The van der Waals surface area contributed by atoms with Gasteiger partial charge in [0.15, 0.2) is 10.8 Å². The van der Waals surface area contributed by atoms with Crippen LogP contribution in [0.1, 0.15) is 54.5 Å². The number of hydrogen-bond donors (Lipinski definition) is 0. The Morgan fingerprint density at radius 1 is 1.21 bits per heavy atom. The fraction of sp³-hybridized carbons (Fsp3) is 0.500. The number of esters is 1. The van der Waals surface area contributed by atoms with Crippen molar-refractivity contribution in [1.82, 2.24) is 4.98 Å². The fourth-order valence-corrected chi connectivity index (χ4v) is 3.70. The van der Waals surface area contributed by atoms with Gasteiger partial charge >= 0.3 is 5.97 Å². The first kappa shape index (κ1) is 23.0. The van der Waals surface area contributed by atoms with E-state index >= 15 is 0 Å². The minimum atomic E-state index is -0.576. The van der Waals surface area contributed by atoms with E-state index in [9.17, 15) is 9.59 Å². The maximum atomic E-state index is 13.1. The molecule has 1 atom stereocenters. The first-order valence-corrected chi connectivity index (χ1v) is 10.9. The van der Waals surface area contributed by atoms with Crippen molar-refractivity contribution in [1.29, 1.82) is 0 Å². The topological polar surface area (TPSA) is 68.7 Å². The van der Waals surface area contributed by atoms with Gasteiger partial charge in [0.05, 0.1) is 6.61 Å². The third kappa shape index (κ3) is 6.65. The van der Waals surface area contributed by atoms with Crippen LogP contribution in [0.3, 0.4) is 0 Å². The monoisotopic (exact) mass is 418 g/mol. The molecule has 1 aromatic heterocycles. The molecule has 0 aliphatic rings. The summed E-state index contributed by atoms with van der Waals surface area (Å²) in [5, 5.41) is 0.498. The molecule has 0 spiro atoms. The second-order valence-corrected chi connectivity index (χ2v) is 7.90. The smallest absolute Gasteiger partial charge is 0.358 e. The number of nitrogens with zero attached hydrogens (tertiary/aromatic N) is 2. The van der Waals surface area contributed by atoms with Crippen LogP contribution in [0.2, 0.25) is 0 Å². The first-order valence-electron chi connectivity index (χ1n) is 10.1. The number of rotatable bonds is 11. The van der Waals surface area contributed by atoms with Gasteiger partial charge in [-0.3, -0.25) is 9.69 Å². The molecule has 0 saturated heterocycles. The summed E-state index contributed by atoms with van der Waals surface area (Å²) in [6.07, 6.45) is 2.02. The van der Waals surface area contributed by atoms with E-state index in [1.165, 1.54) is 11.3 Å². The highest BCUT2D eigenvalue weighted by Crippen LogP contribution is 2.27. The largest absolute Gasteiger partial charge is 0.461 e. The van der Waals surface area contributed by atoms with Crippen LogP contribution in [-0.2, 0) is 20.7 Å². The Balaban J connectivity index is 2.22. The zero-order valence-electron chi connectivity index (χ0n) is 17.6. The summed E-state index contributed by atoms with van der Waals surface area (Å²) in [5.41, 5.74) is 1.40. The second kappa shape index (κ2) is 11.7. The van der Waals surface area contributed by atoms with Gasteiger partial charge in [0, 0.05) is 18.0 Å². The van der Waals surface area contributed by atoms with E-state index in [0.29, 0.717) is 24.7 Å². The highest BCUT2D eigenvalue weighted by atomic mass is 32.1. The van der Waals surface area contributed by atoms with Gasteiger partial charge < -0.3 is 9.47 Å². The number of anilines is 1. The summed E-state index contributed by atoms with van der Waals surface area (Å²) in [6, 6.07) is 9.97. The number of carbonyl (C=O) groups is 2. The molecule has 0 radical (unpaired) electrons. The minimum absolute atomic E-state index is 0.152. The van der Waals surface area contributed by atoms with Crippen molar-refractivity contribution in [3.8, 4) is 0 Å². The summed E-state index contributed by atoms with van der Waals surface area (Å²) in [7, 11) is 0. The third-order valence-electron chi connectivity index (χ3n) is 4.43. The predicted octanol–water partition coefficient (Wildman–Crippen LogP) is 4.41. The molecule has 158 valence electrons. The van der Waals surface area contributed by atoms with E-state index in [1.54, 1.807) is 18.7 Å². The normalized spacial score (nSPS) is 11.9. The molecule has 7 heteroatoms. The zero-order valence-corrected chi connectivity index (χ0v) is 18.5. The molecule has 29 heavy (non-hydrogen) atoms. The molecule has 2 rings (SSSR count). The van der Waals surface area contributed by atoms with Crippen LogP contribution >= 0.6 is 11.3 Å². The molecule has 2 aromatic rings. The lowest BCUT2D eigenvalue weighted by atomic mass is 10.1. The van der Waals surface area contributed by atoms with Gasteiger partial charge in [-0.2, -0.15) is 0 Å². The summed E-state index contributed by atoms with van der Waals surface area (Å²) < 4.78 is 10.8. The Kier molecular flexibility index (Phi) is 9.28. The molecule has 0 fully saturated rings. The summed E-state index contributed by atoms with van der Waals surface area (Å²) in [5.74, 6) is -0.614. The molecule has 0 N–H and O–H groups in total. The van der Waals surface area contributed by atoms with Crippen LogP contribution in [0.4, 0.5) is 5.13 Å². The van der Waals surface area contributed by atoms with Crippen LogP contribution < -0.4 is 4.90 Å². The number of aromatic nitrogens is 1. The summed E-state index contributed by atoms with van der Waals surface area (Å²) in [4.78, 5) is 32.1. The Morgan fingerprint density at radius 3 is 2.59 bits per heavy atom. The Morgan fingerprint density at radius 2 is 1.93 bits per heavy atom. The average molecular weight is 419 g/mol. The number of aryl methyl sites for hydroxylation is 1. The van der Waals surface area contributed by atoms with Crippen molar-refractivity contribution >= 4 is 28.3 Å². The van der Waals surface area contributed by atoms with E-state index < -0.39 is 12.1 Å². The number of ether oxygens (including phenoxy) is 2. The van der Waals surface area contributed by atoms with Crippen molar-refractivity contribution < 1.29 is 19.1 Å². The van der Waals surface area contributed by atoms with Gasteiger partial charge in [-0.1, -0.05) is 43.7 Å². The summed E-state index contributed by atoms with van der Waals surface area (Å²) >= 11 is 1.32. The van der Waals surface area contributed by atoms with Crippen molar-refractivity contribution in [2.45, 2.75) is 53.1 Å². The molecule has 1 amide bonds. The SMILES string of the molecule is CCCCOC(C)C(=O)N(CCc1ccccc1)c1nc(C(=O)OCC)c(C)s1. The molecule has 0 saturated carbocycles. The molecule has 0 bridgehead atoms. The molecule has 0 aliphatic carbocycles. The molecule has 1 unspecified atom stereocenters. The van der Waals surface area contributed by atoms with Gasteiger partial charge in [-0.05, 0) is 39.2 Å². The van der Waals surface area contributed by atoms with Crippen LogP contribution in [0.5, 0.6) is 0 Å². The quantitative estimate of drug-likeness (QED) is 0.399. The van der Waals surface area contributed by atoms with E-state index in [4.69, 9.17) is 9.47 Å². The molecular formula is C22H30N2O4S. The maximum absolute atomic E-state index is 13.1. The zero-order chi connectivity index (χ0) is 21.2. The third-order valence-corrected chi connectivity index (χ3v) is 5.43. The van der Waals surface area contributed by atoms with Gasteiger partial charge in [0.1, 0.15) is 6.10 Å². The van der Waals surface area contributed by atoms with Gasteiger partial charge in [-0.15, -0.1) is 11.3 Å². The van der Waals surface area contributed by atoms with Crippen molar-refractivity contribution in [2.24, 2.45) is 0 Å². The number of thiazole rings is 1.